The number of hydrogen-bond acceptors (Lipinski definition) is 6. The molecule has 0 N–H and O–H groups in total. The molecule has 0 bridgehead atoms. The number of hydrogen-bond donors (Lipinski definition) is 0. The van der Waals surface area contributed by atoms with Crippen molar-refractivity contribution in [2.45, 2.75) is 4.90 Å². The average Bonchev–Trinajstić information content (AvgIpc) is 3.10. The van der Waals surface area contributed by atoms with Crippen LogP contribution in [0.1, 0.15) is 5.69 Å². The van der Waals surface area contributed by atoms with Crippen molar-refractivity contribution in [1.29, 1.82) is 0 Å². The van der Waals surface area contributed by atoms with E-state index in [9.17, 15) is 18.5 Å². The predicted octanol–water partition coefficient (Wildman–Crippen LogP) is 4.82. The summed E-state index contributed by atoms with van der Waals surface area (Å²) in [5, 5.41) is 14.8. The topological polar surface area (TPSA) is 90.2 Å². The van der Waals surface area contributed by atoms with Crippen LogP contribution >= 0.6 is 22.9 Å². The van der Waals surface area contributed by atoms with E-state index >= 15 is 0 Å². The first-order valence-electron chi connectivity index (χ1n) is 7.24. The molecule has 0 saturated heterocycles. The van der Waals surface area contributed by atoms with Gasteiger partial charge in [0.25, 0.3) is 5.69 Å². The summed E-state index contributed by atoms with van der Waals surface area (Å²) in [6.07, 6.45) is 1.40. The van der Waals surface area contributed by atoms with Gasteiger partial charge in [-0.3, -0.25) is 10.1 Å². The molecule has 0 fully saturated rings. The zero-order chi connectivity index (χ0) is 18.7. The lowest BCUT2D eigenvalue weighted by atomic mass is 10.2. The molecule has 1 aromatic heterocycles. The second-order valence-electron chi connectivity index (χ2n) is 5.18. The van der Waals surface area contributed by atoms with E-state index in [0.29, 0.717) is 10.7 Å². The fourth-order valence-corrected chi connectivity index (χ4v) is 3.99. The number of rotatable bonds is 5. The second kappa shape index (κ2) is 7.36. The standard InChI is InChI=1S/C17H11ClN2O4S2/c18-13-3-1-12(2-4-13)17-19-14(11-25-17)9-10-26(23,24)16-7-5-15(6-8-16)20(21)22/h1-11H/b10-9+. The van der Waals surface area contributed by atoms with Gasteiger partial charge in [0.05, 0.1) is 15.5 Å². The zero-order valence-electron chi connectivity index (χ0n) is 13.1. The lowest BCUT2D eigenvalue weighted by Gasteiger charge is -1.98. The molecular weight excluding hydrogens is 396 g/mol. The molecular formula is C17H11ClN2O4S2. The van der Waals surface area contributed by atoms with Crippen LogP contribution in [0, 0.1) is 10.1 Å². The first kappa shape index (κ1) is 18.2. The summed E-state index contributed by atoms with van der Waals surface area (Å²) in [5.41, 5.74) is 1.22. The minimum absolute atomic E-state index is 0.0208. The summed E-state index contributed by atoms with van der Waals surface area (Å²) < 4.78 is 24.6. The van der Waals surface area contributed by atoms with Crippen LogP contribution in [0.15, 0.2) is 64.2 Å². The normalized spacial score (nSPS) is 11.7. The smallest absolute Gasteiger partial charge is 0.258 e. The minimum atomic E-state index is -3.72. The number of aromatic nitrogens is 1. The van der Waals surface area contributed by atoms with Crippen molar-refractivity contribution in [3.05, 3.63) is 80.1 Å². The van der Waals surface area contributed by atoms with Crippen LogP contribution in [0.5, 0.6) is 0 Å². The van der Waals surface area contributed by atoms with Gasteiger partial charge in [0.15, 0.2) is 9.84 Å². The van der Waals surface area contributed by atoms with E-state index in [1.54, 1.807) is 17.5 Å². The minimum Gasteiger partial charge on any atom is -0.258 e. The number of thiazole rings is 1. The molecule has 0 unspecified atom stereocenters. The molecule has 0 atom stereocenters. The van der Waals surface area contributed by atoms with E-state index in [2.05, 4.69) is 4.98 Å². The van der Waals surface area contributed by atoms with E-state index in [4.69, 9.17) is 11.6 Å². The van der Waals surface area contributed by atoms with Gasteiger partial charge in [-0.2, -0.15) is 0 Å². The summed E-state index contributed by atoms with van der Waals surface area (Å²) in [5.74, 6) is 0. The van der Waals surface area contributed by atoms with Crippen molar-refractivity contribution in [2.75, 3.05) is 0 Å². The van der Waals surface area contributed by atoms with Gasteiger partial charge in [-0.05, 0) is 30.3 Å². The molecule has 2 aromatic carbocycles. The summed E-state index contributed by atoms with van der Waals surface area (Å²) in [6.45, 7) is 0. The van der Waals surface area contributed by atoms with Gasteiger partial charge < -0.3 is 0 Å². The van der Waals surface area contributed by atoms with Crippen molar-refractivity contribution in [3.63, 3.8) is 0 Å². The first-order chi connectivity index (χ1) is 12.3. The Hall–Kier alpha value is -2.55. The van der Waals surface area contributed by atoms with Crippen LogP contribution in [0.25, 0.3) is 16.6 Å². The molecule has 0 amide bonds. The van der Waals surface area contributed by atoms with Crippen LogP contribution in [0.2, 0.25) is 5.02 Å². The first-order valence-corrected chi connectivity index (χ1v) is 10.0. The Bertz CT molecular complexity index is 1070. The molecule has 0 aliphatic heterocycles. The summed E-state index contributed by atoms with van der Waals surface area (Å²) in [4.78, 5) is 14.4. The Morgan fingerprint density at radius 2 is 1.73 bits per heavy atom. The summed E-state index contributed by atoms with van der Waals surface area (Å²) in [7, 11) is -3.72. The van der Waals surface area contributed by atoms with Gasteiger partial charge >= 0.3 is 0 Å². The molecule has 0 spiro atoms. The van der Waals surface area contributed by atoms with Crippen molar-refractivity contribution in [2.24, 2.45) is 0 Å². The van der Waals surface area contributed by atoms with Gasteiger partial charge in [-0.25, -0.2) is 13.4 Å². The third kappa shape index (κ3) is 4.16. The average molecular weight is 407 g/mol. The largest absolute Gasteiger partial charge is 0.269 e. The van der Waals surface area contributed by atoms with Crippen LogP contribution in [0.4, 0.5) is 5.69 Å². The lowest BCUT2D eigenvalue weighted by Crippen LogP contribution is -1.96. The van der Waals surface area contributed by atoms with Gasteiger partial charge in [-0.15, -0.1) is 11.3 Å². The molecule has 0 aliphatic rings. The molecule has 6 nitrogen and oxygen atoms in total. The van der Waals surface area contributed by atoms with Crippen LogP contribution in [0.3, 0.4) is 0 Å². The van der Waals surface area contributed by atoms with Crippen molar-refractivity contribution in [3.8, 4) is 10.6 Å². The predicted molar refractivity (Wildman–Crippen MR) is 102 cm³/mol. The van der Waals surface area contributed by atoms with E-state index in [0.717, 1.165) is 28.1 Å². The Kier molecular flexibility index (Phi) is 5.17. The highest BCUT2D eigenvalue weighted by Gasteiger charge is 2.13. The number of sulfone groups is 1. The van der Waals surface area contributed by atoms with Crippen LogP contribution in [-0.2, 0) is 9.84 Å². The molecule has 0 radical (unpaired) electrons. The maximum absolute atomic E-state index is 12.3. The third-order valence-corrected chi connectivity index (χ3v) is 5.99. The summed E-state index contributed by atoms with van der Waals surface area (Å²) >= 11 is 7.24. The molecule has 132 valence electrons. The molecule has 26 heavy (non-hydrogen) atoms. The Morgan fingerprint density at radius 3 is 2.35 bits per heavy atom. The van der Waals surface area contributed by atoms with Crippen molar-refractivity contribution in [1.82, 2.24) is 4.98 Å². The fraction of sp³-hybridized carbons (Fsp3) is 0. The number of non-ortho nitro benzene ring substituents is 1. The molecule has 3 aromatic rings. The van der Waals surface area contributed by atoms with Crippen molar-refractivity contribution >= 4 is 44.5 Å². The van der Waals surface area contributed by atoms with E-state index < -0.39 is 14.8 Å². The maximum atomic E-state index is 12.3. The molecule has 0 aliphatic carbocycles. The van der Waals surface area contributed by atoms with Gasteiger partial charge in [0.1, 0.15) is 5.01 Å². The molecule has 3 rings (SSSR count). The second-order valence-corrected chi connectivity index (χ2v) is 8.31. The maximum Gasteiger partial charge on any atom is 0.269 e. The number of nitro groups is 1. The highest BCUT2D eigenvalue weighted by molar-refractivity contribution is 7.94. The lowest BCUT2D eigenvalue weighted by molar-refractivity contribution is -0.384. The zero-order valence-corrected chi connectivity index (χ0v) is 15.5. The highest BCUT2D eigenvalue weighted by atomic mass is 35.5. The highest BCUT2D eigenvalue weighted by Crippen LogP contribution is 2.26. The van der Waals surface area contributed by atoms with Gasteiger partial charge in [-0.1, -0.05) is 23.7 Å². The van der Waals surface area contributed by atoms with Gasteiger partial charge in [0, 0.05) is 33.5 Å². The number of nitrogens with zero attached hydrogens (tertiary/aromatic N) is 2. The SMILES string of the molecule is O=[N+]([O-])c1ccc(S(=O)(=O)/C=C/c2csc(-c3ccc(Cl)cc3)n2)cc1. The van der Waals surface area contributed by atoms with E-state index in [1.165, 1.54) is 29.5 Å². The quantitative estimate of drug-likeness (QED) is 0.447. The molecule has 0 saturated carbocycles. The summed E-state index contributed by atoms with van der Waals surface area (Å²) in [6, 6.07) is 11.9. The Morgan fingerprint density at radius 1 is 1.08 bits per heavy atom. The number of halogens is 1. The van der Waals surface area contributed by atoms with E-state index in [1.807, 2.05) is 12.1 Å². The Balaban J connectivity index is 1.80. The van der Waals surface area contributed by atoms with E-state index in [-0.39, 0.29) is 10.6 Å². The van der Waals surface area contributed by atoms with Crippen LogP contribution < -0.4 is 0 Å². The third-order valence-electron chi connectivity index (χ3n) is 3.41. The monoisotopic (exact) mass is 406 g/mol. The Labute approximate surface area is 158 Å². The number of nitro benzene ring substituents is 1. The number of benzene rings is 2. The molecule has 9 heteroatoms. The van der Waals surface area contributed by atoms with Crippen LogP contribution in [-0.4, -0.2) is 18.3 Å². The van der Waals surface area contributed by atoms with Crippen molar-refractivity contribution < 1.29 is 13.3 Å². The molecule has 1 heterocycles. The fourth-order valence-electron chi connectivity index (χ4n) is 2.08. The van der Waals surface area contributed by atoms with Gasteiger partial charge in [0.2, 0.25) is 0 Å².